The fourth-order valence-corrected chi connectivity index (χ4v) is 2.73. The van der Waals surface area contributed by atoms with Crippen LogP contribution in [0.15, 0.2) is 11.4 Å². The van der Waals surface area contributed by atoms with Gasteiger partial charge in [-0.1, -0.05) is 18.8 Å². The summed E-state index contributed by atoms with van der Waals surface area (Å²) in [6, 6.07) is 3.01. The molecule has 0 aromatic carbocycles. The zero-order valence-corrected chi connectivity index (χ0v) is 11.1. The summed E-state index contributed by atoms with van der Waals surface area (Å²) in [7, 11) is 0. The zero-order chi connectivity index (χ0) is 12.1. The quantitative estimate of drug-likeness (QED) is 0.810. The Hall–Kier alpha value is -0.820. The van der Waals surface area contributed by atoms with Crippen molar-refractivity contribution in [1.82, 2.24) is 4.90 Å². The minimum atomic E-state index is 0.148. The van der Waals surface area contributed by atoms with E-state index in [0.29, 0.717) is 6.42 Å². The fraction of sp³-hybridized carbons (Fsp3) is 0.571. The van der Waals surface area contributed by atoms with Crippen molar-refractivity contribution >= 4 is 11.3 Å². The van der Waals surface area contributed by atoms with Crippen molar-refractivity contribution in [3.8, 4) is 11.8 Å². The molecule has 1 heterocycles. The monoisotopic (exact) mass is 249 g/mol. The molecule has 1 aliphatic rings. The van der Waals surface area contributed by atoms with Gasteiger partial charge in [0.25, 0.3) is 0 Å². The molecule has 0 saturated heterocycles. The van der Waals surface area contributed by atoms with Crippen LogP contribution >= 0.6 is 11.3 Å². The minimum Gasteiger partial charge on any atom is -0.395 e. The van der Waals surface area contributed by atoms with E-state index in [9.17, 15) is 0 Å². The number of hydrogen-bond donors (Lipinski definition) is 1. The van der Waals surface area contributed by atoms with Gasteiger partial charge >= 0.3 is 0 Å². The van der Waals surface area contributed by atoms with Crippen molar-refractivity contribution in [2.45, 2.75) is 38.8 Å². The van der Waals surface area contributed by atoms with Crippen molar-refractivity contribution < 1.29 is 5.11 Å². The van der Waals surface area contributed by atoms with Gasteiger partial charge in [0, 0.05) is 34.8 Å². The van der Waals surface area contributed by atoms with Gasteiger partial charge in [0.15, 0.2) is 0 Å². The van der Waals surface area contributed by atoms with Crippen LogP contribution in [-0.4, -0.2) is 29.2 Å². The molecule has 0 amide bonds. The zero-order valence-electron chi connectivity index (χ0n) is 10.3. The third-order valence-corrected chi connectivity index (χ3v) is 3.87. The van der Waals surface area contributed by atoms with Crippen molar-refractivity contribution in [2.24, 2.45) is 0 Å². The first kappa shape index (κ1) is 12.6. The van der Waals surface area contributed by atoms with Crippen molar-refractivity contribution in [1.29, 1.82) is 0 Å². The number of thiophene rings is 1. The van der Waals surface area contributed by atoms with Crippen LogP contribution < -0.4 is 0 Å². The lowest BCUT2D eigenvalue weighted by Gasteiger charge is -2.18. The van der Waals surface area contributed by atoms with Crippen LogP contribution in [0.1, 0.15) is 36.6 Å². The van der Waals surface area contributed by atoms with Crippen LogP contribution in [0.5, 0.6) is 0 Å². The summed E-state index contributed by atoms with van der Waals surface area (Å²) < 4.78 is 0. The van der Waals surface area contributed by atoms with Crippen LogP contribution in [-0.2, 0) is 6.54 Å². The van der Waals surface area contributed by atoms with Crippen molar-refractivity contribution in [2.75, 3.05) is 13.2 Å². The standard InChI is InChI=1S/C14H19NOS/c1-2-15(13-6-7-13)10-14-9-12(11-17-14)5-3-4-8-16/h9,11,13,16H,2,4,6-8,10H2,1H3. The molecular weight excluding hydrogens is 230 g/mol. The molecule has 1 saturated carbocycles. The lowest BCUT2D eigenvalue weighted by molar-refractivity contribution is 0.272. The first-order valence-corrected chi connectivity index (χ1v) is 7.12. The van der Waals surface area contributed by atoms with E-state index in [1.54, 1.807) is 11.3 Å². The molecule has 2 rings (SSSR count). The summed E-state index contributed by atoms with van der Waals surface area (Å²) >= 11 is 1.79. The topological polar surface area (TPSA) is 23.5 Å². The molecule has 0 unspecified atom stereocenters. The summed E-state index contributed by atoms with van der Waals surface area (Å²) in [5, 5.41) is 10.8. The molecular formula is C14H19NOS. The lowest BCUT2D eigenvalue weighted by Crippen LogP contribution is -2.24. The maximum atomic E-state index is 8.66. The largest absolute Gasteiger partial charge is 0.395 e. The van der Waals surface area contributed by atoms with Gasteiger partial charge in [-0.15, -0.1) is 11.3 Å². The molecule has 0 radical (unpaired) electrons. The van der Waals surface area contributed by atoms with Gasteiger partial charge in [-0.05, 0) is 25.5 Å². The highest BCUT2D eigenvalue weighted by Gasteiger charge is 2.27. The first-order valence-electron chi connectivity index (χ1n) is 6.24. The second kappa shape index (κ2) is 6.20. The summed E-state index contributed by atoms with van der Waals surface area (Å²) in [4.78, 5) is 3.93. The molecule has 1 aromatic rings. The van der Waals surface area contributed by atoms with E-state index in [1.807, 2.05) is 0 Å². The smallest absolute Gasteiger partial charge is 0.0540 e. The molecule has 1 aromatic heterocycles. The number of aliphatic hydroxyl groups excluding tert-OH is 1. The number of hydrogen-bond acceptors (Lipinski definition) is 3. The van der Waals surface area contributed by atoms with Crippen LogP contribution in [0, 0.1) is 11.8 Å². The van der Waals surface area contributed by atoms with Gasteiger partial charge in [0.1, 0.15) is 0 Å². The van der Waals surface area contributed by atoms with E-state index in [4.69, 9.17) is 5.11 Å². The molecule has 17 heavy (non-hydrogen) atoms. The van der Waals surface area contributed by atoms with Crippen LogP contribution in [0.4, 0.5) is 0 Å². The van der Waals surface area contributed by atoms with Gasteiger partial charge < -0.3 is 5.11 Å². The first-order chi connectivity index (χ1) is 8.33. The predicted molar refractivity (Wildman–Crippen MR) is 72.0 cm³/mol. The van der Waals surface area contributed by atoms with Crippen molar-refractivity contribution in [3.63, 3.8) is 0 Å². The van der Waals surface area contributed by atoms with E-state index >= 15 is 0 Å². The second-order valence-electron chi connectivity index (χ2n) is 4.37. The Labute approximate surface area is 107 Å². The van der Waals surface area contributed by atoms with Crippen LogP contribution in [0.3, 0.4) is 0 Å². The Kier molecular flexibility index (Phi) is 4.61. The fourth-order valence-electron chi connectivity index (χ4n) is 1.89. The number of nitrogens with zero attached hydrogens (tertiary/aromatic N) is 1. The highest BCUT2D eigenvalue weighted by molar-refractivity contribution is 7.10. The molecule has 1 fully saturated rings. The van der Waals surface area contributed by atoms with Gasteiger partial charge in [0.2, 0.25) is 0 Å². The third-order valence-electron chi connectivity index (χ3n) is 2.95. The average Bonchev–Trinajstić information content (AvgIpc) is 3.08. The Morgan fingerprint density at radius 1 is 1.53 bits per heavy atom. The summed E-state index contributed by atoms with van der Waals surface area (Å²) in [5.41, 5.74) is 1.09. The van der Waals surface area contributed by atoms with E-state index in [-0.39, 0.29) is 6.61 Å². The highest BCUT2D eigenvalue weighted by atomic mass is 32.1. The van der Waals surface area contributed by atoms with Gasteiger partial charge in [-0.3, -0.25) is 4.90 Å². The molecule has 2 nitrogen and oxygen atoms in total. The average molecular weight is 249 g/mol. The van der Waals surface area contributed by atoms with Gasteiger partial charge in [-0.2, -0.15) is 0 Å². The normalized spacial score (nSPS) is 14.8. The Morgan fingerprint density at radius 2 is 2.35 bits per heavy atom. The summed E-state index contributed by atoms with van der Waals surface area (Å²) in [6.45, 7) is 4.57. The Morgan fingerprint density at radius 3 is 3.00 bits per heavy atom. The number of aliphatic hydroxyl groups is 1. The molecule has 1 aliphatic carbocycles. The van der Waals surface area contributed by atoms with Gasteiger partial charge in [-0.25, -0.2) is 0 Å². The Bertz CT molecular complexity index is 411. The molecule has 0 spiro atoms. The number of rotatable bonds is 5. The van der Waals surface area contributed by atoms with E-state index < -0.39 is 0 Å². The van der Waals surface area contributed by atoms with Crippen molar-refractivity contribution in [3.05, 3.63) is 21.9 Å². The molecule has 92 valence electrons. The van der Waals surface area contributed by atoms with Crippen LogP contribution in [0.25, 0.3) is 0 Å². The molecule has 1 N–H and O–H groups in total. The second-order valence-corrected chi connectivity index (χ2v) is 5.37. The maximum absolute atomic E-state index is 8.66. The molecule has 0 aliphatic heterocycles. The predicted octanol–water partition coefficient (Wildman–Crippen LogP) is 2.47. The van der Waals surface area contributed by atoms with Crippen LogP contribution in [0.2, 0.25) is 0 Å². The van der Waals surface area contributed by atoms with E-state index in [1.165, 1.54) is 17.7 Å². The Balaban J connectivity index is 1.91. The molecule has 0 bridgehead atoms. The van der Waals surface area contributed by atoms with E-state index in [2.05, 4.69) is 35.1 Å². The highest BCUT2D eigenvalue weighted by Crippen LogP contribution is 2.29. The molecule has 3 heteroatoms. The third kappa shape index (κ3) is 3.85. The summed E-state index contributed by atoms with van der Waals surface area (Å²) in [6.07, 6.45) is 3.29. The molecule has 0 atom stereocenters. The SMILES string of the molecule is CCN(Cc1cc(C#CCCO)cs1)C1CC1. The van der Waals surface area contributed by atoms with E-state index in [0.717, 1.165) is 24.7 Å². The minimum absolute atomic E-state index is 0.148. The summed E-state index contributed by atoms with van der Waals surface area (Å²) in [5.74, 6) is 6.04. The van der Waals surface area contributed by atoms with Gasteiger partial charge in [0.05, 0.1) is 6.61 Å². The lowest BCUT2D eigenvalue weighted by atomic mass is 10.3. The maximum Gasteiger partial charge on any atom is 0.0540 e.